The van der Waals surface area contributed by atoms with E-state index in [0.29, 0.717) is 4.90 Å². The van der Waals surface area contributed by atoms with E-state index in [9.17, 15) is 8.78 Å². The Morgan fingerprint density at radius 3 is 2.58 bits per heavy atom. The molecule has 2 rings (SSSR count). The van der Waals surface area contributed by atoms with Crippen LogP contribution in [0.1, 0.15) is 5.56 Å². The van der Waals surface area contributed by atoms with Crippen molar-refractivity contribution in [3.05, 3.63) is 58.1 Å². The Bertz CT molecular complexity index is 590. The average molecular weight is 344 g/mol. The molecule has 0 fully saturated rings. The van der Waals surface area contributed by atoms with Crippen molar-refractivity contribution >= 4 is 27.7 Å². The Morgan fingerprint density at radius 2 is 1.95 bits per heavy atom. The topological polar surface area (TPSA) is 12.0 Å². The number of hydrogen-bond acceptors (Lipinski definition) is 2. The quantitative estimate of drug-likeness (QED) is 0.870. The maximum absolute atomic E-state index is 13.6. The first kappa shape index (κ1) is 14.5. The van der Waals surface area contributed by atoms with Gasteiger partial charge in [-0.2, -0.15) is 0 Å². The molecule has 1 nitrogen and oxygen atoms in total. The van der Waals surface area contributed by atoms with E-state index in [-0.39, 0.29) is 0 Å². The molecule has 5 heteroatoms. The fourth-order valence-corrected chi connectivity index (χ4v) is 3.14. The molecule has 2 aromatic carbocycles. The SMILES string of the molecule is CNCc1ccc(Sc2ccc(F)cc2F)cc1Br. The van der Waals surface area contributed by atoms with Crippen LogP contribution in [-0.4, -0.2) is 7.05 Å². The van der Waals surface area contributed by atoms with E-state index >= 15 is 0 Å². The van der Waals surface area contributed by atoms with Crippen molar-refractivity contribution in [1.82, 2.24) is 5.32 Å². The molecular weight excluding hydrogens is 332 g/mol. The molecule has 0 radical (unpaired) electrons. The Hall–Kier alpha value is -0.910. The van der Waals surface area contributed by atoms with Crippen LogP contribution in [0.4, 0.5) is 8.78 Å². The van der Waals surface area contributed by atoms with Crippen molar-refractivity contribution in [3.8, 4) is 0 Å². The lowest BCUT2D eigenvalue weighted by atomic mass is 10.2. The van der Waals surface area contributed by atoms with Gasteiger partial charge in [-0.1, -0.05) is 33.8 Å². The minimum absolute atomic E-state index is 0.412. The lowest BCUT2D eigenvalue weighted by molar-refractivity contribution is 0.565. The van der Waals surface area contributed by atoms with Crippen molar-refractivity contribution < 1.29 is 8.78 Å². The zero-order chi connectivity index (χ0) is 13.8. The highest BCUT2D eigenvalue weighted by Crippen LogP contribution is 2.32. The Labute approximate surface area is 123 Å². The van der Waals surface area contributed by atoms with Crippen molar-refractivity contribution in [2.45, 2.75) is 16.3 Å². The molecule has 0 saturated heterocycles. The fourth-order valence-electron chi connectivity index (χ4n) is 1.61. The summed E-state index contributed by atoms with van der Waals surface area (Å²) in [5.41, 5.74) is 1.13. The van der Waals surface area contributed by atoms with Crippen LogP contribution in [-0.2, 0) is 6.54 Å². The summed E-state index contributed by atoms with van der Waals surface area (Å²) in [6, 6.07) is 9.43. The maximum atomic E-state index is 13.6. The maximum Gasteiger partial charge on any atom is 0.140 e. The van der Waals surface area contributed by atoms with E-state index < -0.39 is 11.6 Å². The van der Waals surface area contributed by atoms with Gasteiger partial charge in [0.05, 0.1) is 0 Å². The molecule has 0 bridgehead atoms. The standard InChI is InChI=1S/C14H12BrF2NS/c1-18-8-9-2-4-11(7-12(9)15)19-14-5-3-10(16)6-13(14)17/h2-7,18H,8H2,1H3. The number of rotatable bonds is 4. The van der Waals surface area contributed by atoms with Crippen molar-refractivity contribution in [2.24, 2.45) is 0 Å². The first-order valence-electron chi connectivity index (χ1n) is 5.66. The summed E-state index contributed by atoms with van der Waals surface area (Å²) in [7, 11) is 1.88. The Balaban J connectivity index is 2.21. The van der Waals surface area contributed by atoms with Gasteiger partial charge in [0.2, 0.25) is 0 Å². The summed E-state index contributed by atoms with van der Waals surface area (Å²) in [4.78, 5) is 1.31. The van der Waals surface area contributed by atoms with E-state index in [0.717, 1.165) is 27.5 Å². The molecule has 1 N–H and O–H groups in total. The molecule has 0 saturated carbocycles. The minimum atomic E-state index is -0.563. The first-order valence-corrected chi connectivity index (χ1v) is 7.27. The van der Waals surface area contributed by atoms with E-state index in [1.807, 2.05) is 25.2 Å². The summed E-state index contributed by atoms with van der Waals surface area (Å²) in [6.45, 7) is 0.760. The smallest absolute Gasteiger partial charge is 0.140 e. The number of hydrogen-bond donors (Lipinski definition) is 1. The molecule has 0 spiro atoms. The zero-order valence-electron chi connectivity index (χ0n) is 10.2. The molecule has 0 aliphatic carbocycles. The van der Waals surface area contributed by atoms with Crippen LogP contribution < -0.4 is 5.32 Å². The molecule has 0 aliphatic rings. The summed E-state index contributed by atoms with van der Waals surface area (Å²) in [5.74, 6) is -1.10. The molecular formula is C14H12BrF2NS. The van der Waals surface area contributed by atoms with Gasteiger partial charge >= 0.3 is 0 Å². The minimum Gasteiger partial charge on any atom is -0.316 e. The molecule has 0 unspecified atom stereocenters. The highest BCUT2D eigenvalue weighted by Gasteiger charge is 2.07. The fraction of sp³-hybridized carbons (Fsp3) is 0.143. The normalized spacial score (nSPS) is 10.7. The van der Waals surface area contributed by atoms with E-state index in [1.165, 1.54) is 23.9 Å². The van der Waals surface area contributed by atoms with Gasteiger partial charge in [0.15, 0.2) is 0 Å². The highest BCUT2D eigenvalue weighted by molar-refractivity contribution is 9.10. The Kier molecular flexibility index (Phi) is 4.96. The highest BCUT2D eigenvalue weighted by atomic mass is 79.9. The van der Waals surface area contributed by atoms with Crippen LogP contribution in [0.3, 0.4) is 0 Å². The van der Waals surface area contributed by atoms with Gasteiger partial charge in [0.1, 0.15) is 11.6 Å². The summed E-state index contributed by atoms with van der Waals surface area (Å²) >= 11 is 4.76. The van der Waals surface area contributed by atoms with Crippen molar-refractivity contribution in [2.75, 3.05) is 7.05 Å². The molecule has 0 amide bonds. The average Bonchev–Trinajstić information content (AvgIpc) is 2.36. The van der Waals surface area contributed by atoms with Gasteiger partial charge in [-0.3, -0.25) is 0 Å². The summed E-state index contributed by atoms with van der Waals surface area (Å²) in [5, 5.41) is 3.07. The molecule has 0 aliphatic heterocycles. The van der Waals surface area contributed by atoms with Gasteiger partial charge in [0.25, 0.3) is 0 Å². The molecule has 0 atom stereocenters. The molecule has 0 aromatic heterocycles. The van der Waals surface area contributed by atoms with E-state index in [4.69, 9.17) is 0 Å². The van der Waals surface area contributed by atoms with E-state index in [1.54, 1.807) is 0 Å². The van der Waals surface area contributed by atoms with E-state index in [2.05, 4.69) is 21.2 Å². The number of benzene rings is 2. The molecule has 2 aromatic rings. The van der Waals surface area contributed by atoms with Gasteiger partial charge in [0, 0.05) is 26.9 Å². The second-order valence-electron chi connectivity index (χ2n) is 3.96. The third-order valence-electron chi connectivity index (χ3n) is 2.51. The van der Waals surface area contributed by atoms with Gasteiger partial charge in [-0.05, 0) is 36.9 Å². The Morgan fingerprint density at radius 1 is 1.16 bits per heavy atom. The van der Waals surface area contributed by atoms with Crippen molar-refractivity contribution in [3.63, 3.8) is 0 Å². The molecule has 100 valence electrons. The van der Waals surface area contributed by atoms with Crippen LogP contribution in [0.5, 0.6) is 0 Å². The van der Waals surface area contributed by atoms with Crippen LogP contribution in [0.15, 0.2) is 50.7 Å². The molecule has 0 heterocycles. The summed E-state index contributed by atoms with van der Waals surface area (Å²) in [6.07, 6.45) is 0. The second kappa shape index (κ2) is 6.50. The number of halogens is 3. The third kappa shape index (κ3) is 3.78. The van der Waals surface area contributed by atoms with Gasteiger partial charge in [-0.15, -0.1) is 0 Å². The third-order valence-corrected chi connectivity index (χ3v) is 4.29. The van der Waals surface area contributed by atoms with Gasteiger partial charge < -0.3 is 5.32 Å². The van der Waals surface area contributed by atoms with Crippen molar-refractivity contribution in [1.29, 1.82) is 0 Å². The lowest BCUT2D eigenvalue weighted by Gasteiger charge is -2.07. The predicted octanol–water partition coefficient (Wildman–Crippen LogP) is 4.60. The molecule has 19 heavy (non-hydrogen) atoms. The summed E-state index contributed by atoms with van der Waals surface area (Å²) < 4.78 is 27.3. The van der Waals surface area contributed by atoms with Gasteiger partial charge in [-0.25, -0.2) is 8.78 Å². The number of nitrogens with one attached hydrogen (secondary N) is 1. The first-order chi connectivity index (χ1) is 9.10. The monoisotopic (exact) mass is 343 g/mol. The largest absolute Gasteiger partial charge is 0.316 e. The predicted molar refractivity (Wildman–Crippen MR) is 77.4 cm³/mol. The lowest BCUT2D eigenvalue weighted by Crippen LogP contribution is -2.05. The zero-order valence-corrected chi connectivity index (χ0v) is 12.6. The van der Waals surface area contributed by atoms with Crippen LogP contribution in [0.25, 0.3) is 0 Å². The van der Waals surface area contributed by atoms with Crippen LogP contribution in [0, 0.1) is 11.6 Å². The van der Waals surface area contributed by atoms with Crippen LogP contribution in [0.2, 0.25) is 0 Å². The second-order valence-corrected chi connectivity index (χ2v) is 5.93. The van der Waals surface area contributed by atoms with Crippen LogP contribution >= 0.6 is 27.7 Å².